The van der Waals surface area contributed by atoms with E-state index in [4.69, 9.17) is 15.9 Å². The Morgan fingerprint density at radius 1 is 1.33 bits per heavy atom. The number of aliphatic carboxylic acids is 2. The van der Waals surface area contributed by atoms with E-state index in [0.717, 1.165) is 6.08 Å². The van der Waals surface area contributed by atoms with Crippen LogP contribution in [0.3, 0.4) is 0 Å². The monoisotopic (exact) mass is 267 g/mol. The lowest BCUT2D eigenvalue weighted by Crippen LogP contribution is -2.30. The van der Waals surface area contributed by atoms with Crippen molar-refractivity contribution in [3.05, 3.63) is 12.7 Å². The Morgan fingerprint density at radius 3 is 1.94 bits per heavy atom. The molecule has 0 saturated carbocycles. The van der Waals surface area contributed by atoms with Gasteiger partial charge in [0.15, 0.2) is 0 Å². The molecule has 1 unspecified atom stereocenters. The highest BCUT2D eigenvalue weighted by atomic mass is 16.5. The summed E-state index contributed by atoms with van der Waals surface area (Å²) >= 11 is 0. The quantitative estimate of drug-likeness (QED) is 0.334. The molecule has 0 aliphatic rings. The minimum atomic E-state index is -1.17. The number of nitrogens with two attached hydrogens (primary N) is 1. The van der Waals surface area contributed by atoms with Crippen LogP contribution in [0.2, 0.25) is 0 Å². The Labute approximate surface area is 105 Å². The molecule has 0 aliphatic heterocycles. The largest absolute Gasteiger partial charge is 0.481 e. The first-order valence-corrected chi connectivity index (χ1v) is 4.25. The van der Waals surface area contributed by atoms with Gasteiger partial charge in [0.2, 0.25) is 0 Å². The standard InChI is InChI=1S/C5H9NO4.C4H6O2.2H3N/c6-3(5(9)10)1-2-4(7)8;1-3-4(5)6-2;;/h3H,1-2,6H2,(H,7,8)(H,9,10);3H,1H2,2H3;2*1H3. The number of methoxy groups -OCH3 is 1. The van der Waals surface area contributed by atoms with Gasteiger partial charge in [0.1, 0.15) is 6.04 Å². The minimum Gasteiger partial charge on any atom is -0.481 e. The average molecular weight is 267 g/mol. The Morgan fingerprint density at radius 2 is 1.78 bits per heavy atom. The Balaban J connectivity index is -0.000000108. The van der Waals surface area contributed by atoms with Crippen LogP contribution in [0.15, 0.2) is 12.7 Å². The molecule has 0 amide bonds. The highest BCUT2D eigenvalue weighted by Gasteiger charge is 2.12. The van der Waals surface area contributed by atoms with Crippen molar-refractivity contribution in [2.75, 3.05) is 7.11 Å². The zero-order valence-corrected chi connectivity index (χ0v) is 10.3. The highest BCUT2D eigenvalue weighted by Crippen LogP contribution is 1.93. The van der Waals surface area contributed by atoms with E-state index in [0.29, 0.717) is 0 Å². The summed E-state index contributed by atoms with van der Waals surface area (Å²) in [5.41, 5.74) is 5.00. The molecule has 9 heteroatoms. The van der Waals surface area contributed by atoms with Crippen molar-refractivity contribution in [2.24, 2.45) is 5.73 Å². The van der Waals surface area contributed by atoms with Gasteiger partial charge in [-0.2, -0.15) is 0 Å². The van der Waals surface area contributed by atoms with Gasteiger partial charge in [0.25, 0.3) is 0 Å². The molecule has 9 nitrogen and oxygen atoms in total. The maximum absolute atomic E-state index is 9.99. The fourth-order valence-electron chi connectivity index (χ4n) is 0.486. The average Bonchev–Trinajstić information content (AvgIpc) is 2.25. The predicted octanol–water partition coefficient (Wildman–Crippen LogP) is -0.0675. The van der Waals surface area contributed by atoms with Gasteiger partial charge in [-0.25, -0.2) is 4.79 Å². The molecule has 0 saturated heterocycles. The number of carbonyl (C=O) groups excluding carboxylic acids is 1. The third-order valence-electron chi connectivity index (χ3n) is 1.35. The van der Waals surface area contributed by atoms with Crippen molar-refractivity contribution >= 4 is 17.9 Å². The molecule has 10 N–H and O–H groups in total. The van der Waals surface area contributed by atoms with Gasteiger partial charge in [-0.1, -0.05) is 6.58 Å². The SMILES string of the molecule is C=CC(=O)OC.N.N.NC(CCC(=O)O)C(=O)O. The van der Waals surface area contributed by atoms with Crippen LogP contribution in [0, 0.1) is 0 Å². The van der Waals surface area contributed by atoms with Crippen molar-refractivity contribution in [1.29, 1.82) is 0 Å². The van der Waals surface area contributed by atoms with E-state index in [1.54, 1.807) is 0 Å². The number of rotatable bonds is 5. The lowest BCUT2D eigenvalue weighted by atomic mass is 10.2. The van der Waals surface area contributed by atoms with Crippen LogP contribution in [-0.2, 0) is 19.1 Å². The number of hydrogen-bond acceptors (Lipinski definition) is 7. The summed E-state index contributed by atoms with van der Waals surface area (Å²) in [5, 5.41) is 16.3. The summed E-state index contributed by atoms with van der Waals surface area (Å²) < 4.78 is 4.14. The van der Waals surface area contributed by atoms with Gasteiger partial charge < -0.3 is 33.0 Å². The van der Waals surface area contributed by atoms with Crippen LogP contribution >= 0.6 is 0 Å². The first kappa shape index (κ1) is 25.0. The third kappa shape index (κ3) is 19.6. The van der Waals surface area contributed by atoms with Crippen LogP contribution in [-0.4, -0.2) is 41.3 Å². The fourth-order valence-corrected chi connectivity index (χ4v) is 0.486. The topological polar surface area (TPSA) is 197 Å². The molecule has 0 aromatic carbocycles. The second-order valence-corrected chi connectivity index (χ2v) is 2.60. The third-order valence-corrected chi connectivity index (χ3v) is 1.35. The molecule has 0 aromatic heterocycles. The molecule has 0 radical (unpaired) electrons. The molecule has 1 atom stereocenters. The van der Waals surface area contributed by atoms with Crippen molar-refractivity contribution in [1.82, 2.24) is 12.3 Å². The smallest absolute Gasteiger partial charge is 0.329 e. The lowest BCUT2D eigenvalue weighted by Gasteiger charge is -2.01. The van der Waals surface area contributed by atoms with Crippen molar-refractivity contribution < 1.29 is 29.3 Å². The summed E-state index contributed by atoms with van der Waals surface area (Å²) in [5.74, 6) is -2.59. The number of carboxylic acid groups (broad SMARTS) is 2. The van der Waals surface area contributed by atoms with E-state index in [1.807, 2.05) is 0 Å². The molecule has 0 aliphatic carbocycles. The fraction of sp³-hybridized carbons (Fsp3) is 0.444. The summed E-state index contributed by atoms with van der Waals surface area (Å²) in [6.07, 6.45) is 0.887. The normalized spacial score (nSPS) is 9.22. The zero-order valence-electron chi connectivity index (χ0n) is 10.3. The summed E-state index contributed by atoms with van der Waals surface area (Å²) in [6.45, 7) is 3.16. The zero-order chi connectivity index (χ0) is 13.1. The van der Waals surface area contributed by atoms with E-state index in [-0.39, 0.29) is 25.1 Å². The van der Waals surface area contributed by atoms with Crippen LogP contribution in [0.25, 0.3) is 0 Å². The second kappa shape index (κ2) is 15.0. The van der Waals surface area contributed by atoms with E-state index >= 15 is 0 Å². The lowest BCUT2D eigenvalue weighted by molar-refractivity contribution is -0.140. The predicted molar refractivity (Wildman–Crippen MR) is 64.7 cm³/mol. The molecule has 0 fully saturated rings. The molecule has 0 bridgehead atoms. The molecular weight excluding hydrogens is 246 g/mol. The molecule has 0 heterocycles. The van der Waals surface area contributed by atoms with Crippen molar-refractivity contribution in [3.63, 3.8) is 0 Å². The number of hydrogen-bond donors (Lipinski definition) is 5. The van der Waals surface area contributed by atoms with Crippen LogP contribution in [0.4, 0.5) is 0 Å². The first-order chi connectivity index (χ1) is 7.34. The summed E-state index contributed by atoms with van der Waals surface area (Å²) in [4.78, 5) is 29.7. The van der Waals surface area contributed by atoms with E-state index < -0.39 is 23.9 Å². The minimum absolute atomic E-state index is 0. The molecule has 0 spiro atoms. The second-order valence-electron chi connectivity index (χ2n) is 2.60. The van der Waals surface area contributed by atoms with Crippen LogP contribution in [0.1, 0.15) is 12.8 Å². The maximum Gasteiger partial charge on any atom is 0.329 e. The van der Waals surface area contributed by atoms with Gasteiger partial charge in [0.05, 0.1) is 7.11 Å². The van der Waals surface area contributed by atoms with Gasteiger partial charge in [-0.05, 0) is 6.42 Å². The number of carbonyl (C=O) groups is 3. The van der Waals surface area contributed by atoms with E-state index in [9.17, 15) is 14.4 Å². The van der Waals surface area contributed by atoms with Gasteiger partial charge in [0, 0.05) is 12.5 Å². The molecule has 18 heavy (non-hydrogen) atoms. The Kier molecular flexibility index (Phi) is 20.9. The summed E-state index contributed by atoms with van der Waals surface area (Å²) in [7, 11) is 1.31. The number of carboxylic acids is 2. The molecule has 0 rings (SSSR count). The van der Waals surface area contributed by atoms with Gasteiger partial charge in [-0.15, -0.1) is 0 Å². The van der Waals surface area contributed by atoms with Crippen LogP contribution in [0.5, 0.6) is 0 Å². The summed E-state index contributed by atoms with van der Waals surface area (Å²) in [6, 6.07) is -1.06. The maximum atomic E-state index is 9.99. The van der Waals surface area contributed by atoms with Crippen molar-refractivity contribution in [2.45, 2.75) is 18.9 Å². The first-order valence-electron chi connectivity index (χ1n) is 4.25. The Bertz CT molecular complexity index is 269. The van der Waals surface area contributed by atoms with Gasteiger partial charge in [-0.3, -0.25) is 9.59 Å². The molecular formula is C9H21N3O6. The number of ether oxygens (including phenoxy) is 1. The van der Waals surface area contributed by atoms with Crippen molar-refractivity contribution in [3.8, 4) is 0 Å². The van der Waals surface area contributed by atoms with Gasteiger partial charge >= 0.3 is 17.9 Å². The molecule has 108 valence electrons. The van der Waals surface area contributed by atoms with E-state index in [2.05, 4.69) is 11.3 Å². The van der Waals surface area contributed by atoms with E-state index in [1.165, 1.54) is 7.11 Å². The number of esters is 1. The highest BCUT2D eigenvalue weighted by molar-refractivity contribution is 5.80. The van der Waals surface area contributed by atoms with Crippen LogP contribution < -0.4 is 18.0 Å². The molecule has 0 aromatic rings. The Hall–Kier alpha value is -1.97.